The molecule has 1 aromatic heterocycles. The molecule has 6 rings (SSSR count). The van der Waals surface area contributed by atoms with Crippen molar-refractivity contribution in [3.05, 3.63) is 92.3 Å². The van der Waals surface area contributed by atoms with Crippen LogP contribution in [0.15, 0.2) is 70.3 Å². The first kappa shape index (κ1) is 33.5. The minimum absolute atomic E-state index is 0. The molecule has 3 aliphatic heterocycles. The first-order valence-corrected chi connectivity index (χ1v) is 15.6. The first-order valence-electron chi connectivity index (χ1n) is 14.3. The summed E-state index contributed by atoms with van der Waals surface area (Å²) >= 11 is 7.87. The van der Waals surface area contributed by atoms with E-state index in [0.717, 1.165) is 11.3 Å². The number of anilines is 1. The number of esters is 1. The average Bonchev–Trinajstić information content (AvgIpc) is 3.68. The topological polar surface area (TPSA) is 128 Å². The highest BCUT2D eigenvalue weighted by molar-refractivity contribution is 8.93. The molecule has 2 saturated heterocycles. The van der Waals surface area contributed by atoms with Gasteiger partial charge in [-0.2, -0.15) is 0 Å². The van der Waals surface area contributed by atoms with E-state index >= 15 is 0 Å². The number of aliphatic carboxylic acids is 1. The molecule has 11 nitrogen and oxygen atoms in total. The van der Waals surface area contributed by atoms with E-state index in [0.29, 0.717) is 61.2 Å². The van der Waals surface area contributed by atoms with Crippen LogP contribution in [0.4, 0.5) is 14.9 Å². The van der Waals surface area contributed by atoms with Gasteiger partial charge in [0, 0.05) is 61.4 Å². The number of fused-ring (bicyclic) bond motifs is 1. The number of benzene rings is 2. The summed E-state index contributed by atoms with van der Waals surface area (Å²) in [5.41, 5.74) is 2.89. The molecule has 2 aromatic carbocycles. The molecule has 2 atom stereocenters. The minimum atomic E-state index is -0.853. The number of carbonyl (C=O) groups excluding carboxylic acids is 2. The summed E-state index contributed by atoms with van der Waals surface area (Å²) in [4.78, 5) is 52.5. The molecule has 0 aliphatic carbocycles. The van der Waals surface area contributed by atoms with Gasteiger partial charge in [-0.05, 0) is 41.8 Å². The Kier molecular flexibility index (Phi) is 10.4. The summed E-state index contributed by atoms with van der Waals surface area (Å²) in [6.45, 7) is 2.38. The van der Waals surface area contributed by atoms with Crippen molar-refractivity contribution in [3.8, 4) is 0 Å². The van der Waals surface area contributed by atoms with E-state index in [4.69, 9.17) is 26.4 Å². The van der Waals surface area contributed by atoms with E-state index < -0.39 is 23.8 Å². The number of aliphatic imine (C=N–C) groups is 1. The number of rotatable bonds is 9. The lowest BCUT2D eigenvalue weighted by Gasteiger charge is -2.37. The summed E-state index contributed by atoms with van der Waals surface area (Å²) in [5, 5.41) is 14.8. The zero-order valence-corrected chi connectivity index (χ0v) is 28.0. The zero-order valence-electron chi connectivity index (χ0n) is 24.7. The van der Waals surface area contributed by atoms with Gasteiger partial charge < -0.3 is 20.1 Å². The number of nitrogens with zero attached hydrogens (tertiary/aromatic N) is 5. The number of amides is 2. The number of aryl methyl sites for hydroxylation is 1. The number of urea groups is 1. The molecule has 2 fully saturated rings. The lowest BCUT2D eigenvalue weighted by atomic mass is 9.94. The van der Waals surface area contributed by atoms with Crippen LogP contribution in [0.1, 0.15) is 28.6 Å². The van der Waals surface area contributed by atoms with Crippen LogP contribution in [0.25, 0.3) is 0 Å². The van der Waals surface area contributed by atoms with Crippen molar-refractivity contribution in [3.63, 3.8) is 0 Å². The Morgan fingerprint density at radius 2 is 1.96 bits per heavy atom. The second-order valence-electron chi connectivity index (χ2n) is 10.9. The van der Waals surface area contributed by atoms with Gasteiger partial charge in [0.05, 0.1) is 30.5 Å². The van der Waals surface area contributed by atoms with Crippen molar-refractivity contribution in [2.45, 2.75) is 24.9 Å². The van der Waals surface area contributed by atoms with E-state index in [1.807, 2.05) is 34.5 Å². The summed E-state index contributed by atoms with van der Waals surface area (Å²) in [6, 6.07) is 10.5. The van der Waals surface area contributed by atoms with Crippen LogP contribution in [-0.2, 0) is 20.7 Å². The third-order valence-electron chi connectivity index (χ3n) is 8.13. The fraction of sp³-hybridized carbons (Fsp3) is 0.323. The Labute approximate surface area is 284 Å². The zero-order chi connectivity index (χ0) is 31.7. The number of carboxylic acids is 1. The summed E-state index contributed by atoms with van der Waals surface area (Å²) < 4.78 is 19.2. The van der Waals surface area contributed by atoms with Gasteiger partial charge in [0.1, 0.15) is 5.82 Å². The summed E-state index contributed by atoms with van der Waals surface area (Å²) in [6.07, 6.45) is 2.13. The molecule has 0 bridgehead atoms. The molecule has 3 aromatic rings. The standard InChI is InChI=1S/C31H30ClFN6O5S.BrH/c1-44-30(42)26-24(35-28(29-34-10-13-45-29)36-27(26)22-8-5-19(33)14-23(22)32)17-37-11-12-38-21(15-37)16-39(31(38)43)20-6-2-18(3-7-20)4-9-25(40)41;/h2-3,5-8,10,13-14,21,27H,4,9,11-12,15-17H2,1H3,(H,35,36)(H,40,41);1H/t21-,27-;/m0./s1. The highest BCUT2D eigenvalue weighted by atomic mass is 79.9. The van der Waals surface area contributed by atoms with Crippen molar-refractivity contribution in [2.24, 2.45) is 4.99 Å². The van der Waals surface area contributed by atoms with Crippen molar-refractivity contribution < 1.29 is 28.6 Å². The normalized spacial score (nSPS) is 19.7. The van der Waals surface area contributed by atoms with E-state index in [1.54, 1.807) is 11.1 Å². The molecule has 3 aliphatic rings. The Hall–Kier alpha value is -3.85. The van der Waals surface area contributed by atoms with Gasteiger partial charge in [0.25, 0.3) is 0 Å². The minimum Gasteiger partial charge on any atom is -0.481 e. The maximum Gasteiger partial charge on any atom is 0.338 e. The van der Waals surface area contributed by atoms with Gasteiger partial charge in [0.15, 0.2) is 10.8 Å². The number of carboxylic acid groups (broad SMARTS) is 1. The number of ether oxygens (including phenoxy) is 1. The van der Waals surface area contributed by atoms with Gasteiger partial charge in [-0.15, -0.1) is 28.3 Å². The maximum atomic E-state index is 14.0. The SMILES string of the molecule is Br.COC(=O)C1=C(CN2CCN3C(=O)N(c4ccc(CCC(=O)O)cc4)C[C@@H]3C2)N=C(c2nccs2)N[C@H]1c1ccc(F)cc1Cl. The first-order chi connectivity index (χ1) is 21.7. The fourth-order valence-electron chi connectivity index (χ4n) is 5.92. The quantitative estimate of drug-likeness (QED) is 0.304. The number of halogens is 3. The molecule has 0 saturated carbocycles. The Bertz CT molecular complexity index is 1690. The third kappa shape index (κ3) is 6.94. The van der Waals surface area contributed by atoms with Crippen molar-refractivity contribution in [1.82, 2.24) is 20.1 Å². The molecular formula is C31H31BrClFN6O5S. The van der Waals surface area contributed by atoms with E-state index in [-0.39, 0.29) is 46.1 Å². The van der Waals surface area contributed by atoms with Crippen LogP contribution in [-0.4, -0.2) is 89.6 Å². The predicted octanol–water partition coefficient (Wildman–Crippen LogP) is 4.68. The van der Waals surface area contributed by atoms with Crippen molar-refractivity contribution >= 4 is 69.4 Å². The number of aromatic nitrogens is 1. The predicted molar refractivity (Wildman–Crippen MR) is 177 cm³/mol. The molecule has 2 N–H and O–H groups in total. The molecule has 2 amide bonds. The third-order valence-corrected chi connectivity index (χ3v) is 9.23. The van der Waals surface area contributed by atoms with Crippen molar-refractivity contribution in [2.75, 3.05) is 44.7 Å². The lowest BCUT2D eigenvalue weighted by molar-refractivity contribution is -0.137. The second kappa shape index (κ2) is 14.3. The second-order valence-corrected chi connectivity index (χ2v) is 12.2. The monoisotopic (exact) mass is 732 g/mol. The average molecular weight is 734 g/mol. The highest BCUT2D eigenvalue weighted by Gasteiger charge is 2.42. The number of carbonyl (C=O) groups is 3. The van der Waals surface area contributed by atoms with Gasteiger partial charge in [0.2, 0.25) is 0 Å². The van der Waals surface area contributed by atoms with Crippen LogP contribution in [0.2, 0.25) is 5.02 Å². The van der Waals surface area contributed by atoms with E-state index in [9.17, 15) is 18.8 Å². The summed E-state index contributed by atoms with van der Waals surface area (Å²) in [5.74, 6) is -1.47. The lowest BCUT2D eigenvalue weighted by Crippen LogP contribution is -2.52. The number of hydrogen-bond donors (Lipinski definition) is 2. The summed E-state index contributed by atoms with van der Waals surface area (Å²) in [7, 11) is 1.30. The number of piperazine rings is 1. The van der Waals surface area contributed by atoms with Crippen molar-refractivity contribution in [1.29, 1.82) is 0 Å². The van der Waals surface area contributed by atoms with Gasteiger partial charge >= 0.3 is 18.0 Å². The molecular weight excluding hydrogens is 703 g/mol. The van der Waals surface area contributed by atoms with Crippen LogP contribution in [0.5, 0.6) is 0 Å². The number of nitrogens with one attached hydrogen (secondary N) is 1. The molecule has 46 heavy (non-hydrogen) atoms. The van der Waals surface area contributed by atoms with E-state index in [2.05, 4.69) is 15.2 Å². The molecule has 0 unspecified atom stereocenters. The van der Waals surface area contributed by atoms with Crippen LogP contribution < -0.4 is 10.2 Å². The van der Waals surface area contributed by atoms with Crippen LogP contribution >= 0.6 is 39.9 Å². The maximum absolute atomic E-state index is 14.0. The Morgan fingerprint density at radius 3 is 2.63 bits per heavy atom. The molecule has 4 heterocycles. The number of hydrogen-bond acceptors (Lipinski definition) is 9. The fourth-order valence-corrected chi connectivity index (χ4v) is 6.79. The number of thiazole rings is 1. The highest BCUT2D eigenvalue weighted by Crippen LogP contribution is 2.36. The van der Waals surface area contributed by atoms with Gasteiger partial charge in [-0.1, -0.05) is 29.8 Å². The number of amidine groups is 1. The Morgan fingerprint density at radius 1 is 1.17 bits per heavy atom. The molecule has 15 heteroatoms. The van der Waals surface area contributed by atoms with Crippen LogP contribution in [0, 0.1) is 5.82 Å². The van der Waals surface area contributed by atoms with Gasteiger partial charge in [-0.3, -0.25) is 14.6 Å². The molecule has 0 spiro atoms. The number of methoxy groups -OCH3 is 1. The largest absolute Gasteiger partial charge is 0.481 e. The Balaban J connectivity index is 0.00000417. The van der Waals surface area contributed by atoms with Crippen LogP contribution in [0.3, 0.4) is 0 Å². The van der Waals surface area contributed by atoms with E-state index in [1.165, 1.54) is 36.6 Å². The molecule has 0 radical (unpaired) electrons. The smallest absolute Gasteiger partial charge is 0.338 e. The molecule has 242 valence electrons. The van der Waals surface area contributed by atoms with Gasteiger partial charge in [-0.25, -0.2) is 24.0 Å².